The van der Waals surface area contributed by atoms with Crippen LogP contribution in [0.3, 0.4) is 0 Å². The fourth-order valence-electron chi connectivity index (χ4n) is 3.02. The van der Waals surface area contributed by atoms with Crippen molar-refractivity contribution >= 4 is 33.4 Å². The fraction of sp³-hybridized carbons (Fsp3) is 0.250. The van der Waals surface area contributed by atoms with Gasteiger partial charge in [-0.2, -0.15) is 4.99 Å². The number of rotatable bonds is 4. The summed E-state index contributed by atoms with van der Waals surface area (Å²) in [5.74, 6) is 0.781. The Kier molecular flexibility index (Phi) is 5.22. The quantitative estimate of drug-likeness (QED) is 0.609. The minimum atomic E-state index is -0.455. The van der Waals surface area contributed by atoms with E-state index in [0.29, 0.717) is 46.3 Å². The van der Waals surface area contributed by atoms with E-state index >= 15 is 0 Å². The highest BCUT2D eigenvalue weighted by Crippen LogP contribution is 2.31. The number of nitrogens with zero attached hydrogens (tertiary/aromatic N) is 2. The Morgan fingerprint density at radius 2 is 1.93 bits per heavy atom. The average Bonchev–Trinajstić information content (AvgIpc) is 3.10. The number of carbonyl (C=O) groups is 2. The first-order valence-electron chi connectivity index (χ1n) is 8.82. The summed E-state index contributed by atoms with van der Waals surface area (Å²) in [5, 5.41) is 0. The molecule has 0 spiro atoms. The summed E-state index contributed by atoms with van der Waals surface area (Å²) in [7, 11) is 2.86. The van der Waals surface area contributed by atoms with E-state index in [1.165, 1.54) is 18.4 Å². The molecule has 9 heteroatoms. The van der Waals surface area contributed by atoms with Crippen LogP contribution in [0.25, 0.3) is 10.2 Å². The van der Waals surface area contributed by atoms with E-state index in [-0.39, 0.29) is 6.54 Å². The van der Waals surface area contributed by atoms with Crippen LogP contribution in [0.5, 0.6) is 17.2 Å². The maximum atomic E-state index is 12.8. The van der Waals surface area contributed by atoms with E-state index < -0.39 is 11.9 Å². The lowest BCUT2D eigenvalue weighted by Gasteiger charge is -2.18. The molecule has 4 rings (SSSR count). The zero-order valence-electron chi connectivity index (χ0n) is 15.8. The molecular weight excluding hydrogens is 396 g/mol. The van der Waals surface area contributed by atoms with Gasteiger partial charge in [0.15, 0.2) is 16.3 Å². The number of ether oxygens (including phenoxy) is 4. The first-order valence-corrected chi connectivity index (χ1v) is 9.64. The Balaban J connectivity index is 1.81. The van der Waals surface area contributed by atoms with Crippen LogP contribution < -0.4 is 19.0 Å². The van der Waals surface area contributed by atoms with Crippen LogP contribution in [0.2, 0.25) is 0 Å². The van der Waals surface area contributed by atoms with Crippen molar-refractivity contribution in [2.24, 2.45) is 4.99 Å². The van der Waals surface area contributed by atoms with Crippen LogP contribution in [-0.2, 0) is 16.1 Å². The molecule has 0 saturated carbocycles. The van der Waals surface area contributed by atoms with Gasteiger partial charge in [-0.05, 0) is 30.3 Å². The van der Waals surface area contributed by atoms with Crippen LogP contribution in [-0.4, -0.2) is 43.9 Å². The van der Waals surface area contributed by atoms with Gasteiger partial charge >= 0.3 is 5.97 Å². The number of hydrogen-bond acceptors (Lipinski definition) is 7. The normalized spacial score (nSPS) is 13.4. The number of carbonyl (C=O) groups excluding carboxylic acids is 2. The van der Waals surface area contributed by atoms with Gasteiger partial charge in [-0.25, -0.2) is 0 Å². The van der Waals surface area contributed by atoms with Gasteiger partial charge in [-0.3, -0.25) is 9.59 Å². The predicted molar refractivity (Wildman–Crippen MR) is 106 cm³/mol. The van der Waals surface area contributed by atoms with Crippen LogP contribution >= 0.6 is 11.3 Å². The molecule has 0 atom stereocenters. The summed E-state index contributed by atoms with van der Waals surface area (Å²) in [5.41, 5.74) is 1.04. The highest BCUT2D eigenvalue weighted by atomic mass is 32.1. The molecule has 3 aromatic rings. The van der Waals surface area contributed by atoms with E-state index in [1.54, 1.807) is 35.9 Å². The number of thiazole rings is 1. The largest absolute Gasteiger partial charge is 0.495 e. The van der Waals surface area contributed by atoms with Gasteiger partial charge < -0.3 is 23.5 Å². The van der Waals surface area contributed by atoms with Crippen molar-refractivity contribution in [1.29, 1.82) is 0 Å². The van der Waals surface area contributed by atoms with Gasteiger partial charge in [0, 0.05) is 5.56 Å². The molecule has 1 aliphatic heterocycles. The smallest absolute Gasteiger partial charge is 0.325 e. The Bertz CT molecular complexity index is 1160. The van der Waals surface area contributed by atoms with E-state index in [9.17, 15) is 9.59 Å². The third kappa shape index (κ3) is 3.68. The van der Waals surface area contributed by atoms with Crippen molar-refractivity contribution in [3.63, 3.8) is 0 Å². The molecule has 0 bridgehead atoms. The average molecular weight is 414 g/mol. The highest BCUT2D eigenvalue weighted by Gasteiger charge is 2.17. The predicted octanol–water partition coefficient (Wildman–Crippen LogP) is 2.40. The first kappa shape index (κ1) is 19.0. The van der Waals surface area contributed by atoms with Gasteiger partial charge in [0.05, 0.1) is 18.9 Å². The van der Waals surface area contributed by atoms with Crippen LogP contribution in [0.4, 0.5) is 0 Å². The van der Waals surface area contributed by atoms with Gasteiger partial charge in [-0.1, -0.05) is 17.4 Å². The van der Waals surface area contributed by atoms with Gasteiger partial charge in [0.25, 0.3) is 5.91 Å². The van der Waals surface area contributed by atoms with Crippen LogP contribution in [0.15, 0.2) is 41.4 Å². The van der Waals surface area contributed by atoms with Gasteiger partial charge in [-0.15, -0.1) is 0 Å². The maximum Gasteiger partial charge on any atom is 0.325 e. The summed E-state index contributed by atoms with van der Waals surface area (Å²) >= 11 is 1.29. The molecule has 0 aliphatic carbocycles. The number of methoxy groups -OCH3 is 2. The minimum Gasteiger partial charge on any atom is -0.495 e. The number of para-hydroxylation sites is 1. The fourth-order valence-corrected chi connectivity index (χ4v) is 4.06. The van der Waals surface area contributed by atoms with Crippen molar-refractivity contribution in [3.8, 4) is 17.2 Å². The summed E-state index contributed by atoms with van der Waals surface area (Å²) in [6.45, 7) is 0.808. The molecule has 0 unspecified atom stereocenters. The molecule has 0 N–H and O–H groups in total. The van der Waals surface area contributed by atoms with Gasteiger partial charge in [0.1, 0.15) is 31.0 Å². The molecule has 1 aliphatic rings. The molecule has 8 nitrogen and oxygen atoms in total. The van der Waals surface area contributed by atoms with Crippen molar-refractivity contribution in [2.45, 2.75) is 6.54 Å². The summed E-state index contributed by atoms with van der Waals surface area (Å²) in [6, 6.07) is 10.4. The molecule has 0 fully saturated rings. The first-order chi connectivity index (χ1) is 14.1. The molecule has 150 valence electrons. The Hall–Kier alpha value is -3.33. The molecule has 2 heterocycles. The lowest BCUT2D eigenvalue weighted by molar-refractivity contribution is -0.141. The molecule has 0 saturated heterocycles. The van der Waals surface area contributed by atoms with Crippen molar-refractivity contribution in [2.75, 3.05) is 27.4 Å². The number of esters is 1. The zero-order chi connectivity index (χ0) is 20.4. The number of fused-ring (bicyclic) bond motifs is 2. The summed E-state index contributed by atoms with van der Waals surface area (Å²) in [4.78, 5) is 29.4. The maximum absolute atomic E-state index is 12.8. The number of benzene rings is 2. The minimum absolute atomic E-state index is 0.0931. The molecule has 1 amide bonds. The molecule has 2 aromatic carbocycles. The van der Waals surface area contributed by atoms with E-state index in [1.807, 2.05) is 12.1 Å². The van der Waals surface area contributed by atoms with E-state index in [0.717, 1.165) is 4.70 Å². The number of hydrogen-bond donors (Lipinski definition) is 0. The second-order valence-corrected chi connectivity index (χ2v) is 7.14. The molecule has 0 radical (unpaired) electrons. The standard InChI is InChI=1S/C20H18N2O6S/c1-25-14-4-3-5-16-18(14)22(11-17(23)26-2)20(29-16)21-19(24)12-6-7-13-15(10-12)28-9-8-27-13/h3-7,10H,8-9,11H2,1-2H3. The highest BCUT2D eigenvalue weighted by molar-refractivity contribution is 7.16. The Morgan fingerprint density at radius 3 is 2.69 bits per heavy atom. The Labute approximate surface area is 169 Å². The third-order valence-corrected chi connectivity index (χ3v) is 5.43. The molecule has 29 heavy (non-hydrogen) atoms. The van der Waals surface area contributed by atoms with Crippen LogP contribution in [0, 0.1) is 0 Å². The number of amides is 1. The monoisotopic (exact) mass is 414 g/mol. The lowest BCUT2D eigenvalue weighted by Crippen LogP contribution is -2.22. The third-order valence-electron chi connectivity index (χ3n) is 4.39. The topological polar surface area (TPSA) is 88.4 Å². The number of aromatic nitrogens is 1. The molecule has 1 aromatic heterocycles. The van der Waals surface area contributed by atoms with Gasteiger partial charge in [0.2, 0.25) is 0 Å². The van der Waals surface area contributed by atoms with E-state index in [4.69, 9.17) is 18.9 Å². The SMILES string of the molecule is COC(=O)Cn1c(=NC(=O)c2ccc3c(c2)OCCO3)sc2cccc(OC)c21. The van der Waals surface area contributed by atoms with Crippen molar-refractivity contribution < 1.29 is 28.5 Å². The zero-order valence-corrected chi connectivity index (χ0v) is 16.7. The summed E-state index contributed by atoms with van der Waals surface area (Å²) in [6.07, 6.45) is 0. The second kappa shape index (κ2) is 7.96. The molecular formula is C20H18N2O6S. The van der Waals surface area contributed by atoms with E-state index in [2.05, 4.69) is 4.99 Å². The Morgan fingerprint density at radius 1 is 1.14 bits per heavy atom. The van der Waals surface area contributed by atoms with Crippen molar-refractivity contribution in [3.05, 3.63) is 46.8 Å². The van der Waals surface area contributed by atoms with Crippen molar-refractivity contribution in [1.82, 2.24) is 4.57 Å². The second-order valence-electron chi connectivity index (χ2n) is 6.13. The van der Waals surface area contributed by atoms with Crippen LogP contribution in [0.1, 0.15) is 10.4 Å². The lowest BCUT2D eigenvalue weighted by atomic mass is 10.2. The summed E-state index contributed by atoms with van der Waals surface area (Å²) < 4.78 is 23.7.